The largest absolute Gasteiger partial charge is 0.369 e. The Hall–Kier alpha value is -2.36. The van der Waals surface area contributed by atoms with Crippen LogP contribution in [0, 0.1) is 6.92 Å². The fourth-order valence-corrected chi connectivity index (χ4v) is 2.40. The van der Waals surface area contributed by atoms with E-state index >= 15 is 0 Å². The summed E-state index contributed by atoms with van der Waals surface area (Å²) in [6.45, 7) is 4.18. The van der Waals surface area contributed by atoms with Gasteiger partial charge in [-0.25, -0.2) is 4.98 Å². The average molecular weight is 252 g/mol. The van der Waals surface area contributed by atoms with Crippen LogP contribution in [0.15, 0.2) is 42.7 Å². The predicted molar refractivity (Wildman–Crippen MR) is 76.9 cm³/mol. The van der Waals surface area contributed by atoms with Crippen LogP contribution in [0.1, 0.15) is 24.1 Å². The van der Waals surface area contributed by atoms with Crippen LogP contribution in [0.5, 0.6) is 0 Å². The molecule has 0 amide bonds. The molecule has 3 rings (SSSR count). The van der Waals surface area contributed by atoms with Gasteiger partial charge in [-0.2, -0.15) is 0 Å². The zero-order valence-corrected chi connectivity index (χ0v) is 11.0. The average Bonchev–Trinajstić information content (AvgIpc) is 2.74. The van der Waals surface area contributed by atoms with Crippen molar-refractivity contribution in [1.29, 1.82) is 0 Å². The molecule has 0 radical (unpaired) electrons. The van der Waals surface area contributed by atoms with Crippen LogP contribution in [-0.2, 0) is 0 Å². The zero-order chi connectivity index (χ0) is 13.4. The van der Waals surface area contributed by atoms with Gasteiger partial charge in [0, 0.05) is 12.4 Å². The molecule has 0 spiro atoms. The molecule has 1 atom stereocenters. The number of rotatable bonds is 2. The van der Waals surface area contributed by atoms with Crippen LogP contribution in [0.2, 0.25) is 0 Å². The minimum absolute atomic E-state index is 0.112. The summed E-state index contributed by atoms with van der Waals surface area (Å²) in [5.74, 6) is 0.539. The number of nitrogens with two attached hydrogens (primary N) is 1. The van der Waals surface area contributed by atoms with Crippen molar-refractivity contribution < 1.29 is 0 Å². The molecule has 2 N–H and O–H groups in total. The lowest BCUT2D eigenvalue weighted by atomic mass is 10.1. The summed E-state index contributed by atoms with van der Waals surface area (Å²) < 4.78 is 2.05. The van der Waals surface area contributed by atoms with E-state index in [4.69, 9.17) is 5.73 Å². The van der Waals surface area contributed by atoms with Crippen molar-refractivity contribution in [3.63, 3.8) is 0 Å². The van der Waals surface area contributed by atoms with Gasteiger partial charge in [0.25, 0.3) is 0 Å². The van der Waals surface area contributed by atoms with E-state index in [1.807, 2.05) is 24.4 Å². The van der Waals surface area contributed by atoms with E-state index in [1.54, 1.807) is 6.20 Å². The van der Waals surface area contributed by atoms with Crippen LogP contribution >= 0.6 is 0 Å². The van der Waals surface area contributed by atoms with Crippen molar-refractivity contribution in [2.24, 2.45) is 0 Å². The molecular formula is C15H16N4. The third-order valence-corrected chi connectivity index (χ3v) is 3.43. The maximum absolute atomic E-state index is 6.07. The Morgan fingerprint density at radius 3 is 2.84 bits per heavy atom. The van der Waals surface area contributed by atoms with E-state index < -0.39 is 0 Å². The molecule has 4 heteroatoms. The molecule has 2 aromatic heterocycles. The number of fused-ring (bicyclic) bond motifs is 1. The molecule has 1 unspecified atom stereocenters. The van der Waals surface area contributed by atoms with Crippen molar-refractivity contribution in [3.8, 4) is 0 Å². The molecule has 0 aliphatic rings. The molecule has 1 aromatic carbocycles. The van der Waals surface area contributed by atoms with E-state index in [2.05, 4.69) is 40.5 Å². The van der Waals surface area contributed by atoms with E-state index in [0.29, 0.717) is 5.95 Å². The van der Waals surface area contributed by atoms with E-state index in [1.165, 1.54) is 5.56 Å². The summed E-state index contributed by atoms with van der Waals surface area (Å²) in [5, 5.41) is 0. The zero-order valence-electron chi connectivity index (χ0n) is 11.0. The second kappa shape index (κ2) is 4.39. The van der Waals surface area contributed by atoms with Gasteiger partial charge >= 0.3 is 0 Å². The van der Waals surface area contributed by atoms with Crippen molar-refractivity contribution >= 4 is 17.0 Å². The number of anilines is 1. The first-order valence-electron chi connectivity index (χ1n) is 6.31. The Morgan fingerprint density at radius 2 is 2.11 bits per heavy atom. The standard InChI is InChI=1S/C15H16N4/c1-10-5-6-13-14(8-10)19(15(16)18-13)11(2)12-4-3-7-17-9-12/h3-9,11H,1-2H3,(H2,16,18). The lowest BCUT2D eigenvalue weighted by Gasteiger charge is -2.16. The highest BCUT2D eigenvalue weighted by Gasteiger charge is 2.15. The normalized spacial score (nSPS) is 12.7. The molecule has 0 fully saturated rings. The first kappa shape index (κ1) is 11.7. The molecule has 4 nitrogen and oxygen atoms in total. The highest BCUT2D eigenvalue weighted by molar-refractivity contribution is 5.79. The summed E-state index contributed by atoms with van der Waals surface area (Å²) in [4.78, 5) is 8.59. The third kappa shape index (κ3) is 1.95. The van der Waals surface area contributed by atoms with Gasteiger partial charge < -0.3 is 10.3 Å². The Morgan fingerprint density at radius 1 is 1.26 bits per heavy atom. The molecule has 19 heavy (non-hydrogen) atoms. The second-order valence-electron chi connectivity index (χ2n) is 4.79. The third-order valence-electron chi connectivity index (χ3n) is 3.43. The summed E-state index contributed by atoms with van der Waals surface area (Å²) in [7, 11) is 0. The van der Waals surface area contributed by atoms with Gasteiger partial charge in [-0.15, -0.1) is 0 Å². The van der Waals surface area contributed by atoms with Gasteiger partial charge in [-0.1, -0.05) is 12.1 Å². The Labute approximate surface area is 111 Å². The molecule has 2 heterocycles. The number of hydrogen-bond donors (Lipinski definition) is 1. The first-order chi connectivity index (χ1) is 9.16. The summed E-state index contributed by atoms with van der Waals surface area (Å²) in [5.41, 5.74) is 10.4. The summed E-state index contributed by atoms with van der Waals surface area (Å²) in [6.07, 6.45) is 3.64. The van der Waals surface area contributed by atoms with Gasteiger partial charge in [-0.05, 0) is 43.2 Å². The topological polar surface area (TPSA) is 56.7 Å². The SMILES string of the molecule is Cc1ccc2nc(N)n(C(C)c3cccnc3)c2c1. The molecule has 0 aliphatic heterocycles. The van der Waals surface area contributed by atoms with Gasteiger partial charge in [-0.3, -0.25) is 4.98 Å². The summed E-state index contributed by atoms with van der Waals surface area (Å²) >= 11 is 0. The highest BCUT2D eigenvalue weighted by Crippen LogP contribution is 2.27. The van der Waals surface area contributed by atoms with Gasteiger partial charge in [0.1, 0.15) is 0 Å². The second-order valence-corrected chi connectivity index (χ2v) is 4.79. The maximum Gasteiger partial charge on any atom is 0.201 e. The Kier molecular flexibility index (Phi) is 2.71. The Balaban J connectivity index is 2.19. The molecular weight excluding hydrogens is 236 g/mol. The Bertz CT molecular complexity index is 716. The van der Waals surface area contributed by atoms with Crippen LogP contribution in [-0.4, -0.2) is 14.5 Å². The quantitative estimate of drug-likeness (QED) is 0.763. The number of imidazole rings is 1. The van der Waals surface area contributed by atoms with Crippen LogP contribution < -0.4 is 5.73 Å². The minimum atomic E-state index is 0.112. The van der Waals surface area contributed by atoms with E-state index in [0.717, 1.165) is 16.6 Å². The maximum atomic E-state index is 6.07. The summed E-state index contributed by atoms with van der Waals surface area (Å²) in [6, 6.07) is 10.3. The van der Waals surface area contributed by atoms with Gasteiger partial charge in [0.05, 0.1) is 17.1 Å². The van der Waals surface area contributed by atoms with E-state index in [-0.39, 0.29) is 6.04 Å². The number of hydrogen-bond acceptors (Lipinski definition) is 3. The number of aromatic nitrogens is 3. The van der Waals surface area contributed by atoms with Gasteiger partial charge in [0.15, 0.2) is 0 Å². The number of nitrogen functional groups attached to an aromatic ring is 1. The first-order valence-corrected chi connectivity index (χ1v) is 6.31. The molecule has 0 aliphatic carbocycles. The number of aryl methyl sites for hydroxylation is 1. The molecule has 0 saturated heterocycles. The van der Waals surface area contributed by atoms with Crippen molar-refractivity contribution in [2.45, 2.75) is 19.9 Å². The van der Waals surface area contributed by atoms with Crippen molar-refractivity contribution in [2.75, 3.05) is 5.73 Å². The van der Waals surface area contributed by atoms with E-state index in [9.17, 15) is 0 Å². The van der Waals surface area contributed by atoms with Crippen molar-refractivity contribution in [1.82, 2.24) is 14.5 Å². The number of nitrogens with zero attached hydrogens (tertiary/aromatic N) is 3. The van der Waals surface area contributed by atoms with Gasteiger partial charge in [0.2, 0.25) is 5.95 Å². The smallest absolute Gasteiger partial charge is 0.201 e. The molecule has 96 valence electrons. The molecule has 0 saturated carbocycles. The van der Waals surface area contributed by atoms with Crippen LogP contribution in [0.25, 0.3) is 11.0 Å². The van der Waals surface area contributed by atoms with Crippen LogP contribution in [0.3, 0.4) is 0 Å². The van der Waals surface area contributed by atoms with Crippen LogP contribution in [0.4, 0.5) is 5.95 Å². The monoisotopic (exact) mass is 252 g/mol. The fraction of sp³-hybridized carbons (Fsp3) is 0.200. The van der Waals surface area contributed by atoms with Crippen molar-refractivity contribution in [3.05, 3.63) is 53.9 Å². The minimum Gasteiger partial charge on any atom is -0.369 e. The predicted octanol–water partition coefficient (Wildman–Crippen LogP) is 2.93. The lowest BCUT2D eigenvalue weighted by Crippen LogP contribution is -2.10. The molecule has 3 aromatic rings. The number of benzene rings is 1. The fourth-order valence-electron chi connectivity index (χ4n) is 2.40. The molecule has 0 bridgehead atoms. The highest BCUT2D eigenvalue weighted by atomic mass is 15.2. The number of pyridine rings is 1. The lowest BCUT2D eigenvalue weighted by molar-refractivity contribution is 0.665.